The van der Waals surface area contributed by atoms with Gasteiger partial charge in [-0.15, -0.1) is 0 Å². The van der Waals surface area contributed by atoms with Gasteiger partial charge in [0.1, 0.15) is 17.6 Å². The second kappa shape index (κ2) is 9.81. The first-order valence-corrected chi connectivity index (χ1v) is 11.8. The van der Waals surface area contributed by atoms with Crippen molar-refractivity contribution in [3.8, 4) is 0 Å². The number of quaternary nitrogens is 1. The molecule has 0 radical (unpaired) electrons. The first-order chi connectivity index (χ1) is 15.9. The fourth-order valence-corrected chi connectivity index (χ4v) is 4.60. The average molecular weight is 475 g/mol. The Bertz CT molecular complexity index is 1080. The molecule has 0 spiro atoms. The highest BCUT2D eigenvalue weighted by molar-refractivity contribution is 5.95. The third-order valence-corrected chi connectivity index (χ3v) is 6.93. The molecule has 1 saturated heterocycles. The normalized spacial score (nSPS) is 23.3. The number of nitrogens with two attached hydrogens (primary N) is 2. The van der Waals surface area contributed by atoms with Gasteiger partial charge in [-0.3, -0.25) is 10.1 Å². The number of hydrogen-bond acceptors (Lipinski definition) is 7. The van der Waals surface area contributed by atoms with Gasteiger partial charge in [0.2, 0.25) is 11.8 Å². The Morgan fingerprint density at radius 2 is 1.88 bits per heavy atom. The Morgan fingerprint density at radius 3 is 2.41 bits per heavy atom. The van der Waals surface area contributed by atoms with Crippen molar-refractivity contribution in [2.24, 2.45) is 23.3 Å². The molecule has 4 amide bonds. The molecule has 1 aliphatic heterocycles. The van der Waals surface area contributed by atoms with Crippen LogP contribution >= 0.6 is 0 Å². The predicted molar refractivity (Wildman–Crippen MR) is 126 cm³/mol. The fourth-order valence-electron chi connectivity index (χ4n) is 4.60. The summed E-state index contributed by atoms with van der Waals surface area (Å²) in [6, 6.07) is 2.31. The van der Waals surface area contributed by atoms with Gasteiger partial charge in [-0.05, 0) is 37.0 Å². The van der Waals surface area contributed by atoms with E-state index in [1.165, 1.54) is 12.1 Å². The topological polar surface area (TPSA) is 162 Å². The van der Waals surface area contributed by atoms with Gasteiger partial charge in [0.15, 0.2) is 11.7 Å². The molecule has 2 aromatic rings. The molecule has 186 valence electrons. The van der Waals surface area contributed by atoms with Crippen molar-refractivity contribution >= 4 is 28.9 Å². The van der Waals surface area contributed by atoms with Crippen LogP contribution in [0.2, 0.25) is 0 Å². The van der Waals surface area contributed by atoms with Crippen molar-refractivity contribution < 1.29 is 28.4 Å². The minimum absolute atomic E-state index is 0.00171. The van der Waals surface area contributed by atoms with Crippen LogP contribution in [0.4, 0.5) is 4.79 Å². The van der Waals surface area contributed by atoms with E-state index in [-0.39, 0.29) is 39.7 Å². The van der Waals surface area contributed by atoms with Crippen molar-refractivity contribution in [2.75, 3.05) is 6.54 Å². The third kappa shape index (κ3) is 4.57. The lowest BCUT2D eigenvalue weighted by molar-refractivity contribution is -0.786. The smallest absolute Gasteiger partial charge is 0.424 e. The Kier molecular flexibility index (Phi) is 7.44. The van der Waals surface area contributed by atoms with E-state index in [0.29, 0.717) is 17.6 Å². The summed E-state index contributed by atoms with van der Waals surface area (Å²) in [7, 11) is 0. The number of hydrogen-bond donors (Lipinski definition) is 4. The van der Waals surface area contributed by atoms with Crippen LogP contribution in [0.5, 0.6) is 0 Å². The third-order valence-electron chi connectivity index (χ3n) is 6.93. The molecule has 10 heteroatoms. The molecule has 3 rings (SSSR count). The zero-order valence-corrected chi connectivity index (χ0v) is 20.4. The number of amides is 4. The van der Waals surface area contributed by atoms with Crippen molar-refractivity contribution in [1.82, 2.24) is 10.3 Å². The highest BCUT2D eigenvalue weighted by atomic mass is 16.4. The van der Waals surface area contributed by atoms with Crippen LogP contribution in [0, 0.1) is 11.8 Å². The van der Waals surface area contributed by atoms with Crippen LogP contribution in [0.25, 0.3) is 11.1 Å². The number of likely N-dealkylation sites (tertiary alicyclic amines) is 1. The fraction of sp³-hybridized carbons (Fsp3) is 0.583. The summed E-state index contributed by atoms with van der Waals surface area (Å²) in [5.74, 6) is -1.23. The number of nitrogens with one attached hydrogen (secondary N) is 1. The molecule has 0 aliphatic carbocycles. The zero-order valence-electron chi connectivity index (χ0n) is 20.4. The molecule has 2 heterocycles. The number of aromatic nitrogens is 1. The average Bonchev–Trinajstić information content (AvgIpc) is 3.38. The first kappa shape index (κ1) is 25.8. The Hall–Kier alpha value is -2.82. The molecule has 10 nitrogen and oxygen atoms in total. The maximum absolute atomic E-state index is 13.7. The van der Waals surface area contributed by atoms with Crippen molar-refractivity contribution in [3.63, 3.8) is 0 Å². The van der Waals surface area contributed by atoms with Gasteiger partial charge in [0.25, 0.3) is 0 Å². The van der Waals surface area contributed by atoms with E-state index in [1.807, 2.05) is 34.6 Å². The molecular weight excluding hydrogens is 438 g/mol. The summed E-state index contributed by atoms with van der Waals surface area (Å²) in [6.07, 6.45) is 0.180. The number of urea groups is 1. The summed E-state index contributed by atoms with van der Waals surface area (Å²) in [4.78, 5) is 42.8. The number of benzene rings is 1. The van der Waals surface area contributed by atoms with Crippen LogP contribution in [0.15, 0.2) is 22.6 Å². The molecule has 34 heavy (non-hydrogen) atoms. The maximum Gasteiger partial charge on any atom is 0.424 e. The Labute approximate surface area is 199 Å². The number of aliphatic hydroxyl groups is 1. The Morgan fingerprint density at radius 1 is 1.21 bits per heavy atom. The van der Waals surface area contributed by atoms with Crippen molar-refractivity contribution in [2.45, 2.75) is 71.7 Å². The van der Waals surface area contributed by atoms with Gasteiger partial charge < -0.3 is 21.0 Å². The van der Waals surface area contributed by atoms with Gasteiger partial charge in [-0.25, -0.2) is 14.6 Å². The van der Waals surface area contributed by atoms with Gasteiger partial charge in [-0.2, -0.15) is 4.48 Å². The molecule has 0 saturated carbocycles. The summed E-state index contributed by atoms with van der Waals surface area (Å²) in [5, 5.41) is 14.0. The van der Waals surface area contributed by atoms with Crippen LogP contribution < -0.4 is 16.8 Å². The molecule has 6 N–H and O–H groups in total. The van der Waals surface area contributed by atoms with Gasteiger partial charge in [-0.1, -0.05) is 27.7 Å². The van der Waals surface area contributed by atoms with E-state index in [0.717, 1.165) is 12.8 Å². The highest BCUT2D eigenvalue weighted by Gasteiger charge is 2.55. The zero-order chi connectivity index (χ0) is 25.4. The molecule has 1 aromatic heterocycles. The Balaban J connectivity index is 1.91. The van der Waals surface area contributed by atoms with Gasteiger partial charge in [0, 0.05) is 18.4 Å². The largest absolute Gasteiger partial charge is 0.438 e. The summed E-state index contributed by atoms with van der Waals surface area (Å²) >= 11 is 0. The molecular formula is C24H36N5O5+. The van der Waals surface area contributed by atoms with E-state index in [4.69, 9.17) is 15.9 Å². The molecule has 1 aromatic carbocycles. The highest BCUT2D eigenvalue weighted by Crippen LogP contribution is 2.32. The first-order valence-electron chi connectivity index (χ1n) is 11.8. The maximum atomic E-state index is 13.7. The van der Waals surface area contributed by atoms with Crippen molar-refractivity contribution in [1.29, 1.82) is 0 Å². The van der Waals surface area contributed by atoms with E-state index in [2.05, 4.69) is 10.3 Å². The molecule has 1 aliphatic rings. The number of nitrogens with zero attached hydrogens (tertiary/aromatic N) is 2. The second-order valence-corrected chi connectivity index (χ2v) is 9.95. The SMILES string of the molecule is CC(C)C(N)C(=O)[N@+]1(C(=O)NC(C(C)C)C(O)c2nc3cc(C(N)=O)ccc3o2)CCCC1C. The molecule has 0 bridgehead atoms. The lowest BCUT2D eigenvalue weighted by atomic mass is 9.98. The number of fused-ring (bicyclic) bond motifs is 1. The minimum Gasteiger partial charge on any atom is -0.438 e. The van der Waals surface area contributed by atoms with Crippen LogP contribution in [0.3, 0.4) is 0 Å². The van der Waals surface area contributed by atoms with E-state index >= 15 is 0 Å². The summed E-state index contributed by atoms with van der Waals surface area (Å²) in [5.41, 5.74) is 12.5. The molecule has 1 fully saturated rings. The summed E-state index contributed by atoms with van der Waals surface area (Å²) in [6.45, 7) is 9.66. The van der Waals surface area contributed by atoms with Crippen LogP contribution in [-0.4, -0.2) is 57.1 Å². The molecule has 4 unspecified atom stereocenters. The number of imide groups is 1. The van der Waals surface area contributed by atoms with E-state index < -0.39 is 30.1 Å². The number of carbonyl (C=O) groups excluding carboxylic acids is 3. The number of carbonyl (C=O) groups is 3. The van der Waals surface area contributed by atoms with E-state index in [9.17, 15) is 19.5 Å². The standard InChI is InChI=1S/C24H35N5O5/c1-12(2)18(25)23(32)29(10-6-7-14(29)5)24(33)28-19(13(3)4)20(30)22-27-16-11-15(21(26)31)8-9-17(16)34-22/h8-9,11-14,18-20,30H,6-7,10,25H2,1-5H3,(H2-,26,28,31,33)/p+1/t14?,18?,19?,20?,29-/m0/s1. The lowest BCUT2D eigenvalue weighted by Gasteiger charge is -2.37. The summed E-state index contributed by atoms with van der Waals surface area (Å²) < 4.78 is 5.33. The minimum atomic E-state index is -1.28. The van der Waals surface area contributed by atoms with Crippen LogP contribution in [0.1, 0.15) is 69.8 Å². The van der Waals surface area contributed by atoms with Gasteiger partial charge in [0.05, 0.1) is 12.6 Å². The quantitative estimate of drug-likeness (QED) is 0.447. The van der Waals surface area contributed by atoms with Crippen molar-refractivity contribution in [3.05, 3.63) is 29.7 Å². The lowest BCUT2D eigenvalue weighted by Crippen LogP contribution is -2.68. The monoisotopic (exact) mass is 474 g/mol. The van der Waals surface area contributed by atoms with Crippen LogP contribution in [-0.2, 0) is 4.79 Å². The van der Waals surface area contributed by atoms with Gasteiger partial charge >= 0.3 is 11.9 Å². The number of primary amides is 1. The second-order valence-electron chi connectivity index (χ2n) is 9.95. The molecule has 5 atom stereocenters. The predicted octanol–water partition coefficient (Wildman–Crippen LogP) is 2.20. The number of rotatable bonds is 7. The number of oxazole rings is 1. The number of aliphatic hydroxyl groups excluding tert-OH is 1. The van der Waals surface area contributed by atoms with E-state index in [1.54, 1.807) is 6.07 Å².